The van der Waals surface area contributed by atoms with Gasteiger partial charge >= 0.3 is 0 Å². The monoisotopic (exact) mass is 513 g/mol. The highest BCUT2D eigenvalue weighted by Gasteiger charge is 2.64. The zero-order valence-electron chi connectivity index (χ0n) is 22.4. The van der Waals surface area contributed by atoms with Crippen molar-refractivity contribution >= 4 is 22.6 Å². The van der Waals surface area contributed by atoms with Crippen LogP contribution in [-0.2, 0) is 0 Å². The van der Waals surface area contributed by atoms with Crippen molar-refractivity contribution in [2.75, 3.05) is 24.6 Å². The Hall–Kier alpha value is -3.70. The third-order valence-electron chi connectivity index (χ3n) is 8.42. The molecule has 0 spiro atoms. The summed E-state index contributed by atoms with van der Waals surface area (Å²) in [5, 5.41) is 22.9. The number of nitrogens with one attached hydrogen (secondary N) is 1. The fourth-order valence-electron chi connectivity index (χ4n) is 6.53. The second-order valence-corrected chi connectivity index (χ2v) is 11.7. The highest BCUT2D eigenvalue weighted by molar-refractivity contribution is 5.94. The van der Waals surface area contributed by atoms with Crippen molar-refractivity contribution in [2.45, 2.75) is 52.7 Å². The molecule has 1 aliphatic heterocycles. The third kappa shape index (κ3) is 4.45. The van der Waals surface area contributed by atoms with Crippen LogP contribution in [0.2, 0.25) is 0 Å². The first kappa shape index (κ1) is 25.9. The molecule has 1 aliphatic carbocycles. The van der Waals surface area contributed by atoms with E-state index < -0.39 is 0 Å². The summed E-state index contributed by atoms with van der Waals surface area (Å²) in [7, 11) is 0. The predicted molar refractivity (Wildman–Crippen MR) is 146 cm³/mol. The Labute approximate surface area is 223 Å². The number of aliphatic hydroxyl groups is 1. The first-order chi connectivity index (χ1) is 18.2. The Kier molecular flexibility index (Phi) is 6.74. The first-order valence-corrected chi connectivity index (χ1v) is 13.2. The summed E-state index contributed by atoms with van der Waals surface area (Å²) in [4.78, 5) is 24.4. The number of piperidine rings is 1. The Bertz CT molecular complexity index is 1350. The van der Waals surface area contributed by atoms with Crippen LogP contribution in [0.1, 0.15) is 56.5 Å². The smallest absolute Gasteiger partial charge is 0.253 e. The maximum atomic E-state index is 13.2. The maximum absolute atomic E-state index is 13.2. The molecule has 3 aromatic rings. The number of rotatable bonds is 6. The van der Waals surface area contributed by atoms with Gasteiger partial charge in [-0.2, -0.15) is 5.26 Å². The lowest BCUT2D eigenvalue weighted by Crippen LogP contribution is -2.74. The SMILES string of the molecule is CC1(C)[C@H](NC(=O)c2ccc(N3CCC(CO)CC3)nc2)C(C)(C)[C@H]1Oc1ccc(C#N)c2ncccc12. The van der Waals surface area contributed by atoms with E-state index in [2.05, 4.69) is 53.9 Å². The van der Waals surface area contributed by atoms with E-state index in [1.54, 1.807) is 18.5 Å². The molecule has 1 saturated heterocycles. The van der Waals surface area contributed by atoms with Crippen LogP contribution < -0.4 is 15.0 Å². The number of nitriles is 1. The Morgan fingerprint density at radius 2 is 1.87 bits per heavy atom. The number of pyridine rings is 2. The number of anilines is 1. The molecule has 8 nitrogen and oxygen atoms in total. The zero-order chi connectivity index (χ0) is 27.1. The minimum absolute atomic E-state index is 0.118. The van der Waals surface area contributed by atoms with Crippen LogP contribution in [0.3, 0.4) is 0 Å². The second-order valence-electron chi connectivity index (χ2n) is 11.7. The van der Waals surface area contributed by atoms with Crippen molar-refractivity contribution in [1.29, 1.82) is 5.26 Å². The Morgan fingerprint density at radius 3 is 2.50 bits per heavy atom. The van der Waals surface area contributed by atoms with E-state index in [-0.39, 0.29) is 35.5 Å². The number of benzene rings is 1. The van der Waals surface area contributed by atoms with Crippen molar-refractivity contribution in [3.8, 4) is 11.8 Å². The van der Waals surface area contributed by atoms with E-state index in [1.807, 2.05) is 30.3 Å². The number of hydrogen-bond acceptors (Lipinski definition) is 7. The van der Waals surface area contributed by atoms with E-state index in [4.69, 9.17) is 4.74 Å². The van der Waals surface area contributed by atoms with Crippen molar-refractivity contribution in [3.05, 3.63) is 59.9 Å². The molecule has 0 atom stereocenters. The molecule has 2 aliphatic rings. The molecule has 8 heteroatoms. The van der Waals surface area contributed by atoms with E-state index in [1.165, 1.54) is 0 Å². The van der Waals surface area contributed by atoms with Crippen LogP contribution in [0.4, 0.5) is 5.82 Å². The van der Waals surface area contributed by atoms with Gasteiger partial charge in [0.1, 0.15) is 23.7 Å². The molecule has 38 heavy (non-hydrogen) atoms. The van der Waals surface area contributed by atoms with Gasteiger partial charge in [0.2, 0.25) is 0 Å². The molecule has 0 bridgehead atoms. The van der Waals surface area contributed by atoms with Gasteiger partial charge in [0.25, 0.3) is 5.91 Å². The molecule has 0 radical (unpaired) electrons. The lowest BCUT2D eigenvalue weighted by atomic mass is 9.49. The summed E-state index contributed by atoms with van der Waals surface area (Å²) in [5.41, 5.74) is 0.984. The van der Waals surface area contributed by atoms with Gasteiger partial charge in [-0.05, 0) is 55.2 Å². The summed E-state index contributed by atoms with van der Waals surface area (Å²) in [6.45, 7) is 10.4. The average molecular weight is 514 g/mol. The minimum Gasteiger partial charge on any atom is -0.488 e. The largest absolute Gasteiger partial charge is 0.488 e. The van der Waals surface area contributed by atoms with Crippen LogP contribution in [0.5, 0.6) is 5.75 Å². The van der Waals surface area contributed by atoms with Gasteiger partial charge < -0.3 is 20.1 Å². The molecule has 0 unspecified atom stereocenters. The van der Waals surface area contributed by atoms with Crippen LogP contribution in [0.25, 0.3) is 10.9 Å². The topological polar surface area (TPSA) is 111 Å². The number of hydrogen-bond donors (Lipinski definition) is 2. The quantitative estimate of drug-likeness (QED) is 0.505. The summed E-state index contributed by atoms with van der Waals surface area (Å²) < 4.78 is 6.58. The number of amides is 1. The molecule has 1 aromatic carbocycles. The van der Waals surface area contributed by atoms with Crippen LogP contribution in [-0.4, -0.2) is 52.8 Å². The van der Waals surface area contributed by atoms with Crippen LogP contribution in [0, 0.1) is 28.1 Å². The minimum atomic E-state index is -0.341. The summed E-state index contributed by atoms with van der Waals surface area (Å²) in [6, 6.07) is 13.2. The normalized spacial score (nSPS) is 22.4. The zero-order valence-corrected chi connectivity index (χ0v) is 22.4. The molecular weight excluding hydrogens is 478 g/mol. The summed E-state index contributed by atoms with van der Waals surface area (Å²) in [5.74, 6) is 1.76. The molecule has 1 amide bonds. The lowest BCUT2D eigenvalue weighted by molar-refractivity contribution is -0.163. The number of aromatic nitrogens is 2. The van der Waals surface area contributed by atoms with Gasteiger partial charge in [-0.15, -0.1) is 0 Å². The summed E-state index contributed by atoms with van der Waals surface area (Å²) in [6.07, 6.45) is 5.05. The number of fused-ring (bicyclic) bond motifs is 1. The van der Waals surface area contributed by atoms with Gasteiger partial charge in [-0.25, -0.2) is 4.98 Å². The molecule has 1 saturated carbocycles. The van der Waals surface area contributed by atoms with Gasteiger partial charge in [0.15, 0.2) is 0 Å². The van der Waals surface area contributed by atoms with Crippen LogP contribution >= 0.6 is 0 Å². The highest BCUT2D eigenvalue weighted by Crippen LogP contribution is 2.56. The molecule has 2 fully saturated rings. The maximum Gasteiger partial charge on any atom is 0.253 e. The third-order valence-corrected chi connectivity index (χ3v) is 8.42. The van der Waals surface area contributed by atoms with Crippen LogP contribution in [0.15, 0.2) is 48.8 Å². The lowest BCUT2D eigenvalue weighted by Gasteiger charge is -2.63. The number of aliphatic hydroxyl groups excluding tert-OH is 1. The first-order valence-electron chi connectivity index (χ1n) is 13.2. The molecule has 198 valence electrons. The van der Waals surface area contributed by atoms with Gasteiger partial charge in [0, 0.05) is 54.3 Å². The molecule has 2 aromatic heterocycles. The Morgan fingerprint density at radius 1 is 1.13 bits per heavy atom. The van der Waals surface area contributed by atoms with Gasteiger partial charge in [0.05, 0.1) is 16.6 Å². The number of nitrogens with zero attached hydrogens (tertiary/aromatic N) is 4. The Balaban J connectivity index is 1.28. The number of carbonyl (C=O) groups is 1. The van der Waals surface area contributed by atoms with Crippen molar-refractivity contribution in [2.24, 2.45) is 16.7 Å². The predicted octanol–water partition coefficient (Wildman–Crippen LogP) is 4.32. The van der Waals surface area contributed by atoms with Crippen molar-refractivity contribution in [3.63, 3.8) is 0 Å². The average Bonchev–Trinajstić information content (AvgIpc) is 2.94. The van der Waals surface area contributed by atoms with Gasteiger partial charge in [-0.3, -0.25) is 9.78 Å². The van der Waals surface area contributed by atoms with E-state index in [0.29, 0.717) is 28.3 Å². The second kappa shape index (κ2) is 9.88. The molecule has 2 N–H and O–H groups in total. The molecular formula is C30H35N5O3. The van der Waals surface area contributed by atoms with E-state index in [0.717, 1.165) is 37.1 Å². The fourth-order valence-corrected chi connectivity index (χ4v) is 6.53. The van der Waals surface area contributed by atoms with E-state index in [9.17, 15) is 15.2 Å². The number of carbonyl (C=O) groups excluding carboxylic acids is 1. The summed E-state index contributed by atoms with van der Waals surface area (Å²) >= 11 is 0. The standard InChI is InChI=1S/C30H35N5O3/c1-29(2)27(34-26(37)21-8-10-24(33-17-21)35-14-11-19(18-36)12-15-35)30(3,4)28(29)38-23-9-7-20(16-31)25-22(23)6-5-13-32-25/h5-10,13,17,19,27-28,36H,11-12,14-15,18H2,1-4H3,(H,34,37)/t27-,28-. The number of ether oxygens (including phenoxy) is 1. The molecule has 3 heterocycles. The van der Waals surface area contributed by atoms with E-state index >= 15 is 0 Å². The fraction of sp³-hybridized carbons (Fsp3) is 0.467. The van der Waals surface area contributed by atoms with Crippen molar-refractivity contribution in [1.82, 2.24) is 15.3 Å². The molecule has 5 rings (SSSR count). The van der Waals surface area contributed by atoms with Gasteiger partial charge in [-0.1, -0.05) is 27.7 Å². The van der Waals surface area contributed by atoms with Crippen molar-refractivity contribution < 1.29 is 14.6 Å². The highest BCUT2D eigenvalue weighted by atomic mass is 16.5.